The molecule has 4 rings (SSSR count). The summed E-state index contributed by atoms with van der Waals surface area (Å²) in [5.41, 5.74) is 0. The molecule has 0 spiro atoms. The molecule has 0 nitrogen and oxygen atoms in total. The van der Waals surface area contributed by atoms with Gasteiger partial charge in [-0.25, -0.2) is 0 Å². The molecule has 0 aliphatic heterocycles. The third-order valence-corrected chi connectivity index (χ3v) is 6.09. The Balaban J connectivity index is 2.30. The fourth-order valence-electron chi connectivity index (χ4n) is 2.51. The van der Waals surface area contributed by atoms with E-state index in [0.29, 0.717) is 0 Å². The highest BCUT2D eigenvalue weighted by molar-refractivity contribution is 9.10. The van der Waals surface area contributed by atoms with Crippen LogP contribution in [0.3, 0.4) is 0 Å². The van der Waals surface area contributed by atoms with Gasteiger partial charge in [0.1, 0.15) is 0 Å². The number of benzene rings is 3. The molecule has 0 aliphatic rings. The van der Waals surface area contributed by atoms with E-state index in [2.05, 4.69) is 58.4 Å². The molecule has 0 saturated carbocycles. The number of hydrogen-bond acceptors (Lipinski definition) is 1. The first-order valence-corrected chi connectivity index (χ1v) is 7.92. The lowest BCUT2D eigenvalue weighted by atomic mass is 10.1. The van der Waals surface area contributed by atoms with Crippen LogP contribution in [0.5, 0.6) is 0 Å². The maximum Gasteiger partial charge on any atom is 0.0726 e. The largest absolute Gasteiger partial charge is 0.133 e. The predicted molar refractivity (Wildman–Crippen MR) is 89.5 cm³/mol. The van der Waals surface area contributed by atoms with Crippen molar-refractivity contribution in [1.29, 1.82) is 0 Å². The van der Waals surface area contributed by atoms with Crippen molar-refractivity contribution in [3.8, 4) is 0 Å². The standard InChI is InChI=1S/C16H8BrClS/c17-13-8-7-12-11-6-5-9-3-1-2-4-10(9)15(11)19-16(12)14(13)18/h1-8H. The Hall–Kier alpha value is -1.09. The number of rotatable bonds is 0. The summed E-state index contributed by atoms with van der Waals surface area (Å²) in [6.45, 7) is 0. The lowest BCUT2D eigenvalue weighted by Gasteiger charge is -1.98. The lowest BCUT2D eigenvalue weighted by Crippen LogP contribution is -1.72. The Bertz CT molecular complexity index is 940. The maximum absolute atomic E-state index is 6.41. The summed E-state index contributed by atoms with van der Waals surface area (Å²) in [5.74, 6) is 0. The molecule has 92 valence electrons. The van der Waals surface area contributed by atoms with Crippen LogP contribution in [0.4, 0.5) is 0 Å². The molecule has 1 heterocycles. The first kappa shape index (κ1) is 11.7. The maximum atomic E-state index is 6.41. The van der Waals surface area contributed by atoms with Crippen molar-refractivity contribution < 1.29 is 0 Å². The highest BCUT2D eigenvalue weighted by Crippen LogP contribution is 2.43. The van der Waals surface area contributed by atoms with E-state index in [1.165, 1.54) is 26.2 Å². The molecule has 3 heteroatoms. The van der Waals surface area contributed by atoms with Crippen molar-refractivity contribution in [3.63, 3.8) is 0 Å². The average molecular weight is 348 g/mol. The van der Waals surface area contributed by atoms with Crippen molar-refractivity contribution in [2.45, 2.75) is 0 Å². The monoisotopic (exact) mass is 346 g/mol. The summed E-state index contributed by atoms with van der Waals surface area (Å²) in [5, 5.41) is 5.90. The molecule has 0 amide bonds. The SMILES string of the molecule is Clc1c(Br)ccc2c1sc1c3ccccc3ccc21. The van der Waals surface area contributed by atoms with Crippen LogP contribution in [-0.2, 0) is 0 Å². The zero-order chi connectivity index (χ0) is 13.0. The minimum Gasteiger partial charge on any atom is -0.133 e. The minimum absolute atomic E-state index is 0.808. The molecule has 3 aromatic carbocycles. The highest BCUT2D eigenvalue weighted by Gasteiger charge is 2.12. The summed E-state index contributed by atoms with van der Waals surface area (Å²) in [6.07, 6.45) is 0. The third kappa shape index (κ3) is 1.64. The van der Waals surface area contributed by atoms with Gasteiger partial charge in [-0.05, 0) is 32.8 Å². The second kappa shape index (κ2) is 4.20. The molecule has 0 unspecified atom stereocenters. The zero-order valence-electron chi connectivity index (χ0n) is 9.78. The van der Waals surface area contributed by atoms with E-state index in [0.717, 1.165) is 14.2 Å². The van der Waals surface area contributed by atoms with E-state index < -0.39 is 0 Å². The van der Waals surface area contributed by atoms with Gasteiger partial charge in [-0.2, -0.15) is 0 Å². The van der Waals surface area contributed by atoms with Crippen LogP contribution < -0.4 is 0 Å². The summed E-state index contributed by atoms with van der Waals surface area (Å²) in [7, 11) is 0. The van der Waals surface area contributed by atoms with E-state index in [1.54, 1.807) is 11.3 Å². The van der Waals surface area contributed by atoms with E-state index in [-0.39, 0.29) is 0 Å². The Morgan fingerprint density at radius 3 is 2.42 bits per heavy atom. The molecular formula is C16H8BrClS. The van der Waals surface area contributed by atoms with E-state index >= 15 is 0 Å². The average Bonchev–Trinajstić information content (AvgIpc) is 2.83. The van der Waals surface area contributed by atoms with Gasteiger partial charge in [0.05, 0.1) is 9.72 Å². The van der Waals surface area contributed by atoms with Crippen molar-refractivity contribution in [2.75, 3.05) is 0 Å². The fraction of sp³-hybridized carbons (Fsp3) is 0. The topological polar surface area (TPSA) is 0 Å². The number of hydrogen-bond donors (Lipinski definition) is 0. The van der Waals surface area contributed by atoms with Crippen LogP contribution in [0.1, 0.15) is 0 Å². The number of halogens is 2. The van der Waals surface area contributed by atoms with Gasteiger partial charge in [0.15, 0.2) is 0 Å². The first-order chi connectivity index (χ1) is 9.25. The molecule has 0 aliphatic carbocycles. The van der Waals surface area contributed by atoms with Crippen LogP contribution in [0.15, 0.2) is 53.0 Å². The van der Waals surface area contributed by atoms with Gasteiger partial charge in [-0.15, -0.1) is 11.3 Å². The smallest absolute Gasteiger partial charge is 0.0726 e. The van der Waals surface area contributed by atoms with Crippen LogP contribution in [0.2, 0.25) is 5.02 Å². The van der Waals surface area contributed by atoms with Gasteiger partial charge in [-0.1, -0.05) is 54.1 Å². The van der Waals surface area contributed by atoms with Crippen molar-refractivity contribution >= 4 is 69.8 Å². The summed E-state index contributed by atoms with van der Waals surface area (Å²) in [6, 6.07) is 17.0. The Morgan fingerprint density at radius 2 is 1.53 bits per heavy atom. The van der Waals surface area contributed by atoms with Crippen molar-refractivity contribution in [1.82, 2.24) is 0 Å². The first-order valence-electron chi connectivity index (χ1n) is 5.93. The molecule has 0 radical (unpaired) electrons. The van der Waals surface area contributed by atoms with Crippen molar-refractivity contribution in [2.24, 2.45) is 0 Å². The van der Waals surface area contributed by atoms with Gasteiger partial charge < -0.3 is 0 Å². The summed E-state index contributed by atoms with van der Waals surface area (Å²) < 4.78 is 3.42. The molecular weight excluding hydrogens is 340 g/mol. The molecule has 1 aromatic heterocycles. The molecule has 0 saturated heterocycles. The molecule has 0 fully saturated rings. The molecule has 0 N–H and O–H groups in total. The lowest BCUT2D eigenvalue weighted by molar-refractivity contribution is 1.77. The van der Waals surface area contributed by atoms with Gasteiger partial charge in [0, 0.05) is 19.9 Å². The second-order valence-corrected chi connectivity index (χ2v) is 6.76. The zero-order valence-corrected chi connectivity index (χ0v) is 12.9. The summed E-state index contributed by atoms with van der Waals surface area (Å²) >= 11 is 11.7. The number of thiophene rings is 1. The number of fused-ring (bicyclic) bond motifs is 5. The predicted octanol–water partition coefficient (Wildman–Crippen LogP) is 6.62. The Morgan fingerprint density at radius 1 is 0.789 bits per heavy atom. The van der Waals surface area contributed by atoms with Crippen LogP contribution in [0.25, 0.3) is 30.9 Å². The van der Waals surface area contributed by atoms with Crippen molar-refractivity contribution in [3.05, 3.63) is 58.0 Å². The molecule has 0 bridgehead atoms. The van der Waals surface area contributed by atoms with Crippen LogP contribution in [-0.4, -0.2) is 0 Å². The third-order valence-electron chi connectivity index (χ3n) is 3.42. The fourth-order valence-corrected chi connectivity index (χ4v) is 4.53. The second-order valence-electron chi connectivity index (χ2n) is 4.50. The van der Waals surface area contributed by atoms with Gasteiger partial charge in [-0.3, -0.25) is 0 Å². The minimum atomic E-state index is 0.808. The van der Waals surface area contributed by atoms with E-state index in [4.69, 9.17) is 11.6 Å². The Labute approximate surface area is 127 Å². The Kier molecular flexibility index (Phi) is 2.59. The van der Waals surface area contributed by atoms with Gasteiger partial charge >= 0.3 is 0 Å². The van der Waals surface area contributed by atoms with Crippen LogP contribution >= 0.6 is 38.9 Å². The van der Waals surface area contributed by atoms with E-state index in [1.807, 2.05) is 6.07 Å². The molecule has 0 atom stereocenters. The van der Waals surface area contributed by atoms with Gasteiger partial charge in [0.2, 0.25) is 0 Å². The quantitative estimate of drug-likeness (QED) is 0.335. The van der Waals surface area contributed by atoms with E-state index in [9.17, 15) is 0 Å². The van der Waals surface area contributed by atoms with Gasteiger partial charge in [0.25, 0.3) is 0 Å². The molecule has 4 aromatic rings. The highest BCUT2D eigenvalue weighted by atomic mass is 79.9. The summed E-state index contributed by atoms with van der Waals surface area (Å²) in [4.78, 5) is 0. The van der Waals surface area contributed by atoms with Crippen LogP contribution in [0, 0.1) is 0 Å². The normalized spacial score (nSPS) is 11.7. The molecule has 19 heavy (non-hydrogen) atoms.